The minimum atomic E-state index is -0.381. The van der Waals surface area contributed by atoms with Gasteiger partial charge >= 0.3 is 0 Å². The number of nitrogens with one attached hydrogen (secondary N) is 1. The molecule has 1 aromatic carbocycles. The van der Waals surface area contributed by atoms with Crippen molar-refractivity contribution in [2.24, 2.45) is 7.05 Å². The molecule has 1 amide bonds. The Balaban J connectivity index is 2.24. The summed E-state index contributed by atoms with van der Waals surface area (Å²) in [6.07, 6.45) is 0. The van der Waals surface area contributed by atoms with E-state index in [2.05, 4.69) is 5.32 Å². The van der Waals surface area contributed by atoms with Crippen molar-refractivity contribution in [1.82, 2.24) is 9.88 Å². The molecule has 1 aromatic heterocycles. The van der Waals surface area contributed by atoms with E-state index in [1.807, 2.05) is 31.2 Å². The number of hydrogen-bond donors (Lipinski definition) is 1. The smallest absolute Gasteiger partial charge is 0.263 e. The number of nitrogens with zero attached hydrogens (tertiary/aromatic N) is 1. The van der Waals surface area contributed by atoms with E-state index in [-0.39, 0.29) is 23.6 Å². The number of carbonyl (C=O) groups excluding carboxylic acids is 1. The maximum atomic E-state index is 12.3. The zero-order valence-corrected chi connectivity index (χ0v) is 13.0. The van der Waals surface area contributed by atoms with Crippen molar-refractivity contribution in [3.63, 3.8) is 0 Å². The van der Waals surface area contributed by atoms with Crippen molar-refractivity contribution in [3.8, 4) is 0 Å². The van der Waals surface area contributed by atoms with Crippen LogP contribution in [-0.4, -0.2) is 10.5 Å². The highest BCUT2D eigenvalue weighted by molar-refractivity contribution is 6.31. The number of aryl methyl sites for hydroxylation is 2. The minimum Gasteiger partial charge on any atom is -0.348 e. The van der Waals surface area contributed by atoms with Crippen LogP contribution in [0.25, 0.3) is 0 Å². The quantitative estimate of drug-likeness (QED) is 0.947. The first-order valence-electron chi connectivity index (χ1n) is 6.60. The van der Waals surface area contributed by atoms with Gasteiger partial charge in [0.15, 0.2) is 0 Å². The van der Waals surface area contributed by atoms with E-state index in [0.29, 0.717) is 10.6 Å². The van der Waals surface area contributed by atoms with Crippen LogP contribution in [0.4, 0.5) is 0 Å². The lowest BCUT2D eigenvalue weighted by atomic mass is 10.1. The number of hydrogen-bond acceptors (Lipinski definition) is 2. The third kappa shape index (κ3) is 3.16. The largest absolute Gasteiger partial charge is 0.348 e. The molecule has 0 radical (unpaired) electrons. The SMILES string of the molecule is Cc1cc(C)n(C)c(=O)c1C(=O)NCc1ccccc1Cl. The van der Waals surface area contributed by atoms with Gasteiger partial charge in [-0.3, -0.25) is 9.59 Å². The van der Waals surface area contributed by atoms with Gasteiger partial charge in [0.2, 0.25) is 0 Å². The van der Waals surface area contributed by atoms with E-state index in [1.165, 1.54) is 4.57 Å². The van der Waals surface area contributed by atoms with Gasteiger partial charge in [-0.15, -0.1) is 0 Å². The van der Waals surface area contributed by atoms with Gasteiger partial charge in [0, 0.05) is 24.3 Å². The summed E-state index contributed by atoms with van der Waals surface area (Å²) in [4.78, 5) is 24.5. The molecule has 0 bridgehead atoms. The van der Waals surface area contributed by atoms with Crippen LogP contribution in [-0.2, 0) is 13.6 Å². The number of rotatable bonds is 3. The van der Waals surface area contributed by atoms with Crippen molar-refractivity contribution in [3.05, 3.63) is 68.1 Å². The number of pyridine rings is 1. The fourth-order valence-electron chi connectivity index (χ4n) is 2.16. The first kappa shape index (κ1) is 15.3. The lowest BCUT2D eigenvalue weighted by Crippen LogP contribution is -2.33. The Bertz CT molecular complexity index is 750. The molecule has 0 saturated carbocycles. The van der Waals surface area contributed by atoms with Crippen LogP contribution in [0.5, 0.6) is 0 Å². The van der Waals surface area contributed by atoms with Gasteiger partial charge in [-0.05, 0) is 37.1 Å². The van der Waals surface area contributed by atoms with Crippen LogP contribution in [0.3, 0.4) is 0 Å². The molecule has 1 N–H and O–H groups in total. The predicted molar refractivity (Wildman–Crippen MR) is 83.8 cm³/mol. The number of halogens is 1. The maximum absolute atomic E-state index is 12.3. The zero-order valence-electron chi connectivity index (χ0n) is 12.2. The molecule has 0 aliphatic heterocycles. The van der Waals surface area contributed by atoms with Gasteiger partial charge in [0.25, 0.3) is 11.5 Å². The normalized spacial score (nSPS) is 10.5. The fraction of sp³-hybridized carbons (Fsp3) is 0.250. The number of amides is 1. The second-order valence-electron chi connectivity index (χ2n) is 4.98. The summed E-state index contributed by atoms with van der Waals surface area (Å²) in [7, 11) is 1.65. The average Bonchev–Trinajstić information content (AvgIpc) is 2.44. The lowest BCUT2D eigenvalue weighted by molar-refractivity contribution is 0.0948. The van der Waals surface area contributed by atoms with Crippen LogP contribution in [0.2, 0.25) is 5.02 Å². The molecular weight excluding hydrogens is 288 g/mol. The summed E-state index contributed by atoms with van der Waals surface area (Å²) in [5.74, 6) is -0.381. The van der Waals surface area contributed by atoms with E-state index in [4.69, 9.17) is 11.6 Å². The van der Waals surface area contributed by atoms with Crippen LogP contribution in [0.15, 0.2) is 35.1 Å². The van der Waals surface area contributed by atoms with Gasteiger partial charge < -0.3 is 9.88 Å². The van der Waals surface area contributed by atoms with Crippen LogP contribution in [0, 0.1) is 13.8 Å². The Kier molecular flexibility index (Phi) is 4.48. The third-order valence-corrected chi connectivity index (χ3v) is 3.86. The Morgan fingerprint density at radius 3 is 2.62 bits per heavy atom. The molecule has 0 unspecified atom stereocenters. The van der Waals surface area contributed by atoms with Crippen molar-refractivity contribution < 1.29 is 4.79 Å². The van der Waals surface area contributed by atoms with Gasteiger partial charge in [-0.2, -0.15) is 0 Å². The summed E-state index contributed by atoms with van der Waals surface area (Å²) in [6, 6.07) is 9.10. The first-order valence-corrected chi connectivity index (χ1v) is 6.98. The van der Waals surface area contributed by atoms with Gasteiger partial charge in [-0.1, -0.05) is 29.8 Å². The second kappa shape index (κ2) is 6.14. The molecule has 1 heterocycles. The van der Waals surface area contributed by atoms with Gasteiger partial charge in [-0.25, -0.2) is 0 Å². The molecule has 110 valence electrons. The molecule has 0 atom stereocenters. The average molecular weight is 305 g/mol. The maximum Gasteiger partial charge on any atom is 0.263 e. The number of benzene rings is 1. The van der Waals surface area contributed by atoms with E-state index in [9.17, 15) is 9.59 Å². The third-order valence-electron chi connectivity index (χ3n) is 3.49. The monoisotopic (exact) mass is 304 g/mol. The molecular formula is C16H17ClN2O2. The van der Waals surface area contributed by atoms with E-state index < -0.39 is 0 Å². The number of aromatic nitrogens is 1. The molecule has 0 aliphatic carbocycles. The van der Waals surface area contributed by atoms with Crippen LogP contribution < -0.4 is 10.9 Å². The minimum absolute atomic E-state index is 0.176. The number of carbonyl (C=O) groups is 1. The Labute approximate surface area is 128 Å². The van der Waals surface area contributed by atoms with Crippen molar-refractivity contribution in [1.29, 1.82) is 0 Å². The Morgan fingerprint density at radius 1 is 1.29 bits per heavy atom. The molecule has 2 rings (SSSR count). The summed E-state index contributed by atoms with van der Waals surface area (Å²) >= 11 is 6.05. The molecule has 21 heavy (non-hydrogen) atoms. The van der Waals surface area contributed by atoms with Crippen molar-refractivity contribution in [2.75, 3.05) is 0 Å². The predicted octanol–water partition coefficient (Wildman–Crippen LogP) is 2.59. The Hall–Kier alpha value is -2.07. The van der Waals surface area contributed by atoms with Crippen LogP contribution in [0.1, 0.15) is 27.2 Å². The highest BCUT2D eigenvalue weighted by Crippen LogP contribution is 2.14. The summed E-state index contributed by atoms with van der Waals surface area (Å²) in [5.41, 5.74) is 2.20. The van der Waals surface area contributed by atoms with E-state index >= 15 is 0 Å². The van der Waals surface area contributed by atoms with Gasteiger partial charge in [0.1, 0.15) is 5.56 Å². The summed E-state index contributed by atoms with van der Waals surface area (Å²) in [6.45, 7) is 3.88. The molecule has 5 heteroatoms. The highest BCUT2D eigenvalue weighted by atomic mass is 35.5. The van der Waals surface area contributed by atoms with Crippen molar-refractivity contribution >= 4 is 17.5 Å². The molecule has 0 spiro atoms. The summed E-state index contributed by atoms with van der Waals surface area (Å²) < 4.78 is 1.47. The van der Waals surface area contributed by atoms with E-state index in [0.717, 1.165) is 11.3 Å². The molecule has 0 fully saturated rings. The first-order chi connectivity index (χ1) is 9.91. The second-order valence-corrected chi connectivity index (χ2v) is 5.39. The summed E-state index contributed by atoms with van der Waals surface area (Å²) in [5, 5.41) is 3.34. The zero-order chi connectivity index (χ0) is 15.6. The van der Waals surface area contributed by atoms with E-state index in [1.54, 1.807) is 20.0 Å². The highest BCUT2D eigenvalue weighted by Gasteiger charge is 2.16. The van der Waals surface area contributed by atoms with Crippen molar-refractivity contribution in [2.45, 2.75) is 20.4 Å². The fourth-order valence-corrected chi connectivity index (χ4v) is 2.36. The molecule has 4 nitrogen and oxygen atoms in total. The lowest BCUT2D eigenvalue weighted by Gasteiger charge is -2.11. The molecule has 0 saturated heterocycles. The standard InChI is InChI=1S/C16H17ClN2O2/c1-10-8-11(2)19(3)16(21)14(10)15(20)18-9-12-6-4-5-7-13(12)17/h4-8H,9H2,1-3H3,(H,18,20). The Morgan fingerprint density at radius 2 is 1.95 bits per heavy atom. The topological polar surface area (TPSA) is 51.1 Å². The van der Waals surface area contributed by atoms with Gasteiger partial charge in [0.05, 0.1) is 0 Å². The van der Waals surface area contributed by atoms with Crippen LogP contribution >= 0.6 is 11.6 Å². The molecule has 2 aromatic rings. The molecule has 0 aliphatic rings.